The Bertz CT molecular complexity index is 1030. The SMILES string of the molecule is CC[C@@H](CO)C(=O)OC[C@@H]1O[C@H](OCc2cc(=O)c3c(O)cc(O)cc3o2)[C@@H](O)[C@H](O)[C@H]1O. The first-order valence-electron chi connectivity index (χ1n) is 10.2. The quantitative estimate of drug-likeness (QED) is 0.260. The van der Waals surface area contributed by atoms with E-state index in [-0.39, 0.29) is 22.5 Å². The van der Waals surface area contributed by atoms with Crippen LogP contribution >= 0.6 is 0 Å². The number of benzene rings is 1. The van der Waals surface area contributed by atoms with Gasteiger partial charge in [0, 0.05) is 18.2 Å². The van der Waals surface area contributed by atoms with Gasteiger partial charge in [-0.2, -0.15) is 0 Å². The van der Waals surface area contributed by atoms with Crippen LogP contribution in [0.25, 0.3) is 11.0 Å². The van der Waals surface area contributed by atoms with Crippen molar-refractivity contribution in [2.75, 3.05) is 13.2 Å². The number of phenols is 2. The Morgan fingerprint density at radius 2 is 1.85 bits per heavy atom. The van der Waals surface area contributed by atoms with Gasteiger partial charge in [-0.15, -0.1) is 0 Å². The smallest absolute Gasteiger partial charge is 0.311 e. The van der Waals surface area contributed by atoms with Crippen LogP contribution in [0, 0.1) is 5.92 Å². The molecule has 1 fully saturated rings. The number of phenolic OH excluding ortho intramolecular Hbond substituents is 2. The molecule has 1 aliphatic heterocycles. The second-order valence-electron chi connectivity index (χ2n) is 7.66. The number of hydrogen-bond acceptors (Lipinski definition) is 12. The minimum atomic E-state index is -1.69. The number of hydrogen-bond donors (Lipinski definition) is 6. The van der Waals surface area contributed by atoms with E-state index in [0.29, 0.717) is 6.42 Å². The molecule has 0 radical (unpaired) electrons. The number of aliphatic hydroxyl groups excluding tert-OH is 4. The molecule has 0 spiro atoms. The summed E-state index contributed by atoms with van der Waals surface area (Å²) in [6.45, 7) is 0.389. The molecule has 3 rings (SSSR count). The molecule has 2 heterocycles. The predicted molar refractivity (Wildman–Crippen MR) is 109 cm³/mol. The lowest BCUT2D eigenvalue weighted by molar-refractivity contribution is -0.305. The summed E-state index contributed by atoms with van der Waals surface area (Å²) in [4.78, 5) is 24.2. The van der Waals surface area contributed by atoms with E-state index in [1.54, 1.807) is 6.92 Å². The van der Waals surface area contributed by atoms with Gasteiger partial charge in [-0.05, 0) is 6.42 Å². The summed E-state index contributed by atoms with van der Waals surface area (Å²) in [7, 11) is 0. The molecular formula is C21H26O12. The van der Waals surface area contributed by atoms with Crippen LogP contribution in [0.5, 0.6) is 11.5 Å². The molecule has 0 amide bonds. The molecule has 0 unspecified atom stereocenters. The molecule has 12 nitrogen and oxygen atoms in total. The molecule has 1 aromatic carbocycles. The number of fused-ring (bicyclic) bond motifs is 1. The standard InChI is InChI=1S/C21H26O12/c1-2-9(6-22)20(29)30-8-15-17(26)18(27)19(28)21(33-15)31-7-11-5-13(25)16-12(24)3-10(23)4-14(16)32-11/h3-5,9,15,17-19,21-24,26-28H,2,6-8H2,1H3/t9-,15-,17-,18+,19-,21-/m0/s1. The molecule has 33 heavy (non-hydrogen) atoms. The van der Waals surface area contributed by atoms with Gasteiger partial charge < -0.3 is 49.3 Å². The summed E-state index contributed by atoms with van der Waals surface area (Å²) in [5.74, 6) is -2.28. The Labute approximate surface area is 187 Å². The third-order valence-corrected chi connectivity index (χ3v) is 5.34. The van der Waals surface area contributed by atoms with E-state index in [4.69, 9.17) is 23.7 Å². The Hall–Kier alpha value is -2.74. The van der Waals surface area contributed by atoms with Crippen molar-refractivity contribution in [2.24, 2.45) is 5.92 Å². The molecule has 0 saturated carbocycles. The van der Waals surface area contributed by atoms with Crippen molar-refractivity contribution >= 4 is 16.9 Å². The van der Waals surface area contributed by atoms with E-state index in [1.807, 2.05) is 0 Å². The van der Waals surface area contributed by atoms with E-state index in [9.17, 15) is 35.1 Å². The molecule has 0 bridgehead atoms. The Balaban J connectivity index is 1.69. The number of rotatable bonds is 8. The van der Waals surface area contributed by atoms with Crippen molar-refractivity contribution in [3.63, 3.8) is 0 Å². The average molecular weight is 470 g/mol. The summed E-state index contributed by atoms with van der Waals surface area (Å²) in [5, 5.41) is 58.9. The molecule has 12 heteroatoms. The normalized spacial score (nSPS) is 26.3. The van der Waals surface area contributed by atoms with Crippen LogP contribution in [-0.4, -0.2) is 80.5 Å². The maximum absolute atomic E-state index is 12.3. The number of aromatic hydroxyl groups is 2. The predicted octanol–water partition coefficient (Wildman–Crippen LogP) is -0.910. The lowest BCUT2D eigenvalue weighted by atomic mass is 9.99. The van der Waals surface area contributed by atoms with Crippen molar-refractivity contribution < 1.29 is 54.1 Å². The summed E-state index contributed by atoms with van der Waals surface area (Å²) < 4.78 is 21.3. The zero-order chi connectivity index (χ0) is 24.3. The second kappa shape index (κ2) is 10.5. The van der Waals surface area contributed by atoms with E-state index in [2.05, 4.69) is 0 Å². The molecule has 6 atom stereocenters. The van der Waals surface area contributed by atoms with Gasteiger partial charge in [0.2, 0.25) is 0 Å². The van der Waals surface area contributed by atoms with Crippen molar-refractivity contribution in [1.82, 2.24) is 0 Å². The van der Waals surface area contributed by atoms with Crippen molar-refractivity contribution in [3.05, 3.63) is 34.2 Å². The van der Waals surface area contributed by atoms with Crippen LogP contribution in [0.2, 0.25) is 0 Å². The zero-order valence-corrected chi connectivity index (χ0v) is 17.7. The first-order valence-corrected chi connectivity index (χ1v) is 10.2. The van der Waals surface area contributed by atoms with E-state index < -0.39 is 73.6 Å². The average Bonchev–Trinajstić information content (AvgIpc) is 2.76. The van der Waals surface area contributed by atoms with Crippen LogP contribution in [0.3, 0.4) is 0 Å². The minimum Gasteiger partial charge on any atom is -0.508 e. The van der Waals surface area contributed by atoms with Crippen LogP contribution < -0.4 is 5.43 Å². The monoisotopic (exact) mass is 470 g/mol. The Kier molecular flexibility index (Phi) is 7.89. The second-order valence-corrected chi connectivity index (χ2v) is 7.66. The highest BCUT2D eigenvalue weighted by Crippen LogP contribution is 2.28. The third-order valence-electron chi connectivity index (χ3n) is 5.34. The van der Waals surface area contributed by atoms with Gasteiger partial charge in [0.25, 0.3) is 0 Å². The Morgan fingerprint density at radius 3 is 2.52 bits per heavy atom. The number of esters is 1. The molecule has 0 aliphatic carbocycles. The van der Waals surface area contributed by atoms with Crippen molar-refractivity contribution in [2.45, 2.75) is 50.7 Å². The molecule has 6 N–H and O–H groups in total. The highest BCUT2D eigenvalue weighted by Gasteiger charge is 2.45. The minimum absolute atomic E-state index is 0.0365. The van der Waals surface area contributed by atoms with Crippen LogP contribution in [0.1, 0.15) is 19.1 Å². The summed E-state index contributed by atoms with van der Waals surface area (Å²) in [6.07, 6.45) is -7.34. The number of aliphatic hydroxyl groups is 4. The molecule has 1 saturated heterocycles. The fourth-order valence-electron chi connectivity index (χ4n) is 3.38. The summed E-state index contributed by atoms with van der Waals surface area (Å²) >= 11 is 0. The first kappa shape index (κ1) is 24.9. The topological polar surface area (TPSA) is 196 Å². The highest BCUT2D eigenvalue weighted by atomic mass is 16.7. The van der Waals surface area contributed by atoms with E-state index >= 15 is 0 Å². The number of ether oxygens (including phenoxy) is 3. The van der Waals surface area contributed by atoms with Crippen molar-refractivity contribution in [3.8, 4) is 11.5 Å². The molecule has 1 aromatic heterocycles. The largest absolute Gasteiger partial charge is 0.508 e. The Morgan fingerprint density at radius 1 is 1.12 bits per heavy atom. The van der Waals surface area contributed by atoms with Gasteiger partial charge >= 0.3 is 5.97 Å². The lowest BCUT2D eigenvalue weighted by Crippen LogP contribution is -2.59. The fraction of sp³-hybridized carbons (Fsp3) is 0.524. The lowest BCUT2D eigenvalue weighted by Gasteiger charge is -2.39. The van der Waals surface area contributed by atoms with Crippen LogP contribution in [0.15, 0.2) is 27.4 Å². The van der Waals surface area contributed by atoms with Crippen molar-refractivity contribution in [1.29, 1.82) is 0 Å². The van der Waals surface area contributed by atoms with Crippen LogP contribution in [-0.2, 0) is 25.6 Å². The molecule has 2 aromatic rings. The van der Waals surface area contributed by atoms with Crippen LogP contribution in [0.4, 0.5) is 0 Å². The maximum Gasteiger partial charge on any atom is 0.311 e. The summed E-state index contributed by atoms with van der Waals surface area (Å²) in [5.41, 5.74) is -0.703. The molecule has 182 valence electrons. The molecule has 1 aliphatic rings. The maximum atomic E-state index is 12.3. The summed E-state index contributed by atoms with van der Waals surface area (Å²) in [6, 6.07) is 3.16. The first-order chi connectivity index (χ1) is 15.7. The van der Waals surface area contributed by atoms with Gasteiger partial charge in [-0.1, -0.05) is 6.92 Å². The van der Waals surface area contributed by atoms with E-state index in [1.165, 1.54) is 0 Å². The highest BCUT2D eigenvalue weighted by molar-refractivity contribution is 5.84. The zero-order valence-electron chi connectivity index (χ0n) is 17.7. The number of carbonyl (C=O) groups excluding carboxylic acids is 1. The fourth-order valence-corrected chi connectivity index (χ4v) is 3.38. The van der Waals surface area contributed by atoms with Gasteiger partial charge in [0.1, 0.15) is 65.9 Å². The third kappa shape index (κ3) is 5.43. The van der Waals surface area contributed by atoms with Gasteiger partial charge in [-0.3, -0.25) is 9.59 Å². The van der Waals surface area contributed by atoms with E-state index in [0.717, 1.165) is 18.2 Å². The van der Waals surface area contributed by atoms with Gasteiger partial charge in [0.15, 0.2) is 11.7 Å². The number of carbonyl (C=O) groups is 1. The van der Waals surface area contributed by atoms with Gasteiger partial charge in [-0.25, -0.2) is 0 Å². The molecular weight excluding hydrogens is 444 g/mol. The van der Waals surface area contributed by atoms with Gasteiger partial charge in [0.05, 0.1) is 12.5 Å².